The van der Waals surface area contributed by atoms with E-state index in [2.05, 4.69) is 15.6 Å². The van der Waals surface area contributed by atoms with Crippen LogP contribution in [0.15, 0.2) is 103 Å². The van der Waals surface area contributed by atoms with Gasteiger partial charge in [0.1, 0.15) is 18.1 Å². The molecule has 0 unspecified atom stereocenters. The van der Waals surface area contributed by atoms with Gasteiger partial charge in [0.15, 0.2) is 57.6 Å². The molecular formula is C64H76N4O20. The topological polar surface area (TPSA) is 307 Å². The molecule has 88 heavy (non-hydrogen) atoms. The van der Waals surface area contributed by atoms with Gasteiger partial charge >= 0.3 is 5.97 Å². The molecule has 4 N–H and O–H groups in total. The summed E-state index contributed by atoms with van der Waals surface area (Å²) < 4.78 is 62.3. The number of esters is 1. The fraction of sp³-hybridized carbons (Fsp3) is 0.375. The molecule has 472 valence electrons. The average Bonchev–Trinajstić information content (AvgIpc) is 4.00. The summed E-state index contributed by atoms with van der Waals surface area (Å²) in [5.74, 6) is -0.868. The van der Waals surface area contributed by atoms with Crippen molar-refractivity contribution in [2.75, 3.05) is 107 Å². The summed E-state index contributed by atoms with van der Waals surface area (Å²) in [6, 6.07) is 19.1. The highest BCUT2D eigenvalue weighted by Crippen LogP contribution is 2.31. The Kier molecular flexibility index (Phi) is 32.2. The number of aliphatic hydroxyl groups is 1. The highest BCUT2D eigenvalue weighted by Gasteiger charge is 2.14. The normalized spacial score (nSPS) is 11.5. The summed E-state index contributed by atoms with van der Waals surface area (Å²) in [5.41, 5.74) is 3.39. The zero-order valence-corrected chi connectivity index (χ0v) is 49.6. The number of aromatic hydroxyl groups is 2. The molecule has 0 saturated carbocycles. The number of carbonyl (C=O) groups is 6. The number of amides is 1. The van der Waals surface area contributed by atoms with E-state index < -0.39 is 23.3 Å². The first-order chi connectivity index (χ1) is 42.7. The second-order valence-electron chi connectivity index (χ2n) is 19.0. The average molecular weight is 1220 g/mol. The van der Waals surface area contributed by atoms with Gasteiger partial charge in [-0.2, -0.15) is 0 Å². The molecular weight excluding hydrogens is 1140 g/mol. The number of nitrogens with zero attached hydrogens (tertiary/aromatic N) is 3. The highest BCUT2D eigenvalue weighted by atomic mass is 16.6. The molecule has 0 fully saturated rings. The lowest BCUT2D eigenvalue weighted by Crippen LogP contribution is -2.27. The van der Waals surface area contributed by atoms with E-state index in [1.807, 2.05) is 0 Å². The Bertz CT molecular complexity index is 3150. The molecule has 4 aromatic carbocycles. The lowest BCUT2D eigenvalue weighted by Gasteiger charge is -2.10. The third-order valence-corrected chi connectivity index (χ3v) is 12.3. The van der Waals surface area contributed by atoms with E-state index >= 15 is 0 Å². The number of methoxy groups -OCH3 is 3. The van der Waals surface area contributed by atoms with Crippen LogP contribution < -0.4 is 29.0 Å². The van der Waals surface area contributed by atoms with E-state index in [0.717, 1.165) is 0 Å². The summed E-state index contributed by atoms with van der Waals surface area (Å²) in [5, 5.41) is 39.8. The molecule has 0 spiro atoms. The van der Waals surface area contributed by atoms with Crippen molar-refractivity contribution in [3.05, 3.63) is 137 Å². The maximum Gasteiger partial charge on any atom is 0.311 e. The van der Waals surface area contributed by atoms with Crippen molar-refractivity contribution in [2.45, 2.75) is 51.9 Å². The number of phenols is 2. The van der Waals surface area contributed by atoms with Crippen LogP contribution in [0.3, 0.4) is 0 Å². The predicted molar refractivity (Wildman–Crippen MR) is 322 cm³/mol. The number of rotatable bonds is 45. The first kappa shape index (κ1) is 69.9. The van der Waals surface area contributed by atoms with Crippen LogP contribution in [0, 0.1) is 0 Å². The van der Waals surface area contributed by atoms with Crippen LogP contribution in [0.4, 0.5) is 0 Å². The predicted octanol–water partition coefficient (Wildman–Crippen LogP) is 6.29. The van der Waals surface area contributed by atoms with E-state index in [1.165, 1.54) is 82.1 Å². The maximum absolute atomic E-state index is 12.5. The lowest BCUT2D eigenvalue weighted by molar-refractivity contribution is -0.135. The van der Waals surface area contributed by atoms with Crippen LogP contribution in [0.2, 0.25) is 0 Å². The molecule has 5 aromatic rings. The number of aromatic nitrogens is 3. The molecule has 1 heterocycles. The summed E-state index contributed by atoms with van der Waals surface area (Å²) in [7, 11) is 4.33. The van der Waals surface area contributed by atoms with E-state index in [1.54, 1.807) is 71.6 Å². The van der Waals surface area contributed by atoms with Crippen LogP contribution in [0.25, 0.3) is 24.3 Å². The molecule has 0 radical (unpaired) electrons. The van der Waals surface area contributed by atoms with Gasteiger partial charge in [-0.05, 0) is 102 Å². The molecule has 5 rings (SSSR count). The van der Waals surface area contributed by atoms with Gasteiger partial charge in [-0.15, -0.1) is 5.10 Å². The summed E-state index contributed by atoms with van der Waals surface area (Å²) >= 11 is 0. The summed E-state index contributed by atoms with van der Waals surface area (Å²) in [6.07, 6.45) is 12.7. The number of phenolic OH excluding ortho intramolecular Hbond substituents is 1. The van der Waals surface area contributed by atoms with Crippen LogP contribution in [0.5, 0.6) is 40.2 Å². The van der Waals surface area contributed by atoms with Gasteiger partial charge < -0.3 is 72.7 Å². The molecule has 0 aliphatic carbocycles. The van der Waals surface area contributed by atoms with Crippen LogP contribution in [-0.4, -0.2) is 172 Å². The van der Waals surface area contributed by atoms with Gasteiger partial charge in [0, 0.05) is 24.9 Å². The standard InChI is InChI=1S/C64H76N4O20/c1-78-60-38-47(12-20-57(60)75)8-16-53(71)42-55(73)18-10-49-14-22-59(62(40-49)80-3)88-64(77)6-4-5-63(76)65-23-25-81-27-29-83-31-33-85-35-36-86-34-32-84-30-28-82-26-24-68-43-51(66-67-68)45-87-58-21-13-48(39-61(58)79-2)9-17-54(72)41-52(70)15-7-46-11-19-56(74)50(37-46)44-69/h7-22,37-40,43,69,74-75H,4-6,23-36,41-42,44-45H2,1-3H3,(H,65,76)/b15-7+,16-8+,17-9+,18-10+. The van der Waals surface area contributed by atoms with Crippen LogP contribution >= 0.6 is 0 Å². The van der Waals surface area contributed by atoms with Crippen molar-refractivity contribution in [2.24, 2.45) is 0 Å². The Hall–Kier alpha value is -8.88. The first-order valence-electron chi connectivity index (χ1n) is 28.2. The Labute approximate surface area is 510 Å². The van der Waals surface area contributed by atoms with Gasteiger partial charge in [0.25, 0.3) is 0 Å². The van der Waals surface area contributed by atoms with E-state index in [-0.39, 0.29) is 92.4 Å². The lowest BCUT2D eigenvalue weighted by atomic mass is 10.1. The minimum absolute atomic E-state index is 0.00712. The first-order valence-corrected chi connectivity index (χ1v) is 28.2. The van der Waals surface area contributed by atoms with Crippen molar-refractivity contribution in [3.8, 4) is 40.2 Å². The number of ether oxygens (including phenoxy) is 11. The Morgan fingerprint density at radius 1 is 0.511 bits per heavy atom. The Morgan fingerprint density at radius 3 is 1.47 bits per heavy atom. The maximum atomic E-state index is 12.5. The van der Waals surface area contributed by atoms with Gasteiger partial charge in [-0.1, -0.05) is 53.8 Å². The second-order valence-corrected chi connectivity index (χ2v) is 19.0. The van der Waals surface area contributed by atoms with Crippen molar-refractivity contribution in [1.29, 1.82) is 0 Å². The number of carbonyl (C=O) groups excluding carboxylic acids is 6. The Balaban J connectivity index is 0.779. The Morgan fingerprint density at radius 2 is 0.955 bits per heavy atom. The molecule has 0 aliphatic rings. The molecule has 0 aliphatic heterocycles. The number of hydrogen-bond acceptors (Lipinski definition) is 22. The molecule has 24 heteroatoms. The van der Waals surface area contributed by atoms with Crippen LogP contribution in [0.1, 0.15) is 65.6 Å². The fourth-order valence-corrected chi connectivity index (χ4v) is 7.69. The highest BCUT2D eigenvalue weighted by molar-refractivity contribution is 6.11. The van der Waals surface area contributed by atoms with E-state index in [0.29, 0.717) is 131 Å². The monoisotopic (exact) mass is 1220 g/mol. The fourth-order valence-electron chi connectivity index (χ4n) is 7.69. The molecule has 0 bridgehead atoms. The van der Waals surface area contributed by atoms with Crippen LogP contribution in [-0.2, 0) is 76.9 Å². The largest absolute Gasteiger partial charge is 0.508 e. The molecule has 0 atom stereocenters. The summed E-state index contributed by atoms with van der Waals surface area (Å²) in [4.78, 5) is 74.4. The SMILES string of the molecule is COc1cc(/C=C/C(=O)CC(=O)/C=C/c2ccc(OC(=O)CCCC(=O)NCCOCCOCCOCCOCCOCCOCCn3cc(COc4ccc(/C=C/C(=O)CC(=O)/C=C/c5ccc(O)c(CO)c5)cc4OC)nn3)c(OC)c2)ccc1O. The molecule has 1 amide bonds. The minimum Gasteiger partial charge on any atom is -0.508 e. The minimum atomic E-state index is -0.549. The molecule has 1 aromatic heterocycles. The number of allylic oxidation sites excluding steroid dienone is 4. The van der Waals surface area contributed by atoms with E-state index in [9.17, 15) is 44.1 Å². The zero-order chi connectivity index (χ0) is 63.1. The van der Waals surface area contributed by atoms with E-state index in [4.69, 9.17) is 52.1 Å². The van der Waals surface area contributed by atoms with Gasteiger partial charge in [-0.25, -0.2) is 4.68 Å². The van der Waals surface area contributed by atoms with Gasteiger partial charge in [-0.3, -0.25) is 28.8 Å². The van der Waals surface area contributed by atoms with Crippen molar-refractivity contribution in [1.82, 2.24) is 20.3 Å². The van der Waals surface area contributed by atoms with Crippen molar-refractivity contribution >= 4 is 59.3 Å². The number of ketones is 4. The third-order valence-electron chi connectivity index (χ3n) is 12.3. The van der Waals surface area contributed by atoms with Crippen molar-refractivity contribution in [3.63, 3.8) is 0 Å². The smallest absolute Gasteiger partial charge is 0.311 e. The quantitative estimate of drug-likeness (QED) is 0.0109. The summed E-state index contributed by atoms with van der Waals surface area (Å²) in [6.45, 7) is 5.11. The number of nitrogens with one attached hydrogen (secondary N) is 1. The third kappa shape index (κ3) is 27.7. The van der Waals surface area contributed by atoms with Crippen molar-refractivity contribution < 1.29 is 96.2 Å². The van der Waals surface area contributed by atoms with Gasteiger partial charge in [0.2, 0.25) is 5.91 Å². The zero-order valence-electron chi connectivity index (χ0n) is 49.6. The van der Waals surface area contributed by atoms with Gasteiger partial charge in [0.05, 0.1) is 133 Å². The second kappa shape index (κ2) is 40.5. The molecule has 0 saturated heterocycles. The molecule has 24 nitrogen and oxygen atoms in total. The number of aliphatic hydroxyl groups excluding tert-OH is 1. The number of benzene rings is 4. The number of hydrogen-bond donors (Lipinski definition) is 4.